The maximum absolute atomic E-state index is 4.20. The van der Waals surface area contributed by atoms with Gasteiger partial charge in [-0.3, -0.25) is 0 Å². The summed E-state index contributed by atoms with van der Waals surface area (Å²) in [5.41, 5.74) is 5.25. The highest BCUT2D eigenvalue weighted by atomic mass is 14.1. The Morgan fingerprint density at radius 3 is 2.17 bits per heavy atom. The minimum absolute atomic E-state index is 1.02. The van der Waals surface area contributed by atoms with E-state index in [1.807, 2.05) is 0 Å². The molecule has 2 aromatic rings. The van der Waals surface area contributed by atoms with Gasteiger partial charge in [-0.15, -0.1) is 0 Å². The second-order valence-corrected chi connectivity index (χ2v) is 4.64. The van der Waals surface area contributed by atoms with Gasteiger partial charge in [0.1, 0.15) is 0 Å². The number of allylic oxidation sites excluding steroid dienone is 1. The highest BCUT2D eigenvalue weighted by Crippen LogP contribution is 2.19. The van der Waals surface area contributed by atoms with E-state index in [1.54, 1.807) is 0 Å². The Morgan fingerprint density at radius 1 is 0.889 bits per heavy atom. The Kier molecular flexibility index (Phi) is 4.35. The smallest absolute Gasteiger partial charge is 0.0230 e. The summed E-state index contributed by atoms with van der Waals surface area (Å²) in [6.07, 6.45) is 3.18. The van der Waals surface area contributed by atoms with Gasteiger partial charge in [0.15, 0.2) is 0 Å². The van der Waals surface area contributed by atoms with E-state index in [0.717, 1.165) is 19.3 Å². The zero-order valence-electron chi connectivity index (χ0n) is 11.0. The molecule has 0 nitrogen and oxygen atoms in total. The summed E-state index contributed by atoms with van der Waals surface area (Å²) < 4.78 is 0. The predicted molar refractivity (Wildman–Crippen MR) is 79.6 cm³/mol. The average molecular weight is 236 g/mol. The monoisotopic (exact) mass is 236 g/mol. The Morgan fingerprint density at radius 2 is 1.56 bits per heavy atom. The van der Waals surface area contributed by atoms with Crippen molar-refractivity contribution in [2.24, 2.45) is 0 Å². The fourth-order valence-corrected chi connectivity index (χ4v) is 2.06. The van der Waals surface area contributed by atoms with Crippen LogP contribution in [-0.2, 0) is 12.8 Å². The Bertz CT molecular complexity index is 491. The molecule has 0 aliphatic heterocycles. The molecule has 0 unspecified atom stereocenters. The van der Waals surface area contributed by atoms with Crippen LogP contribution in [-0.4, -0.2) is 0 Å². The van der Waals surface area contributed by atoms with E-state index in [0.29, 0.717) is 0 Å². The van der Waals surface area contributed by atoms with Gasteiger partial charge in [-0.05, 0) is 41.5 Å². The molecule has 0 spiro atoms. The standard InChI is InChI=1S/C18H20/c1-3-16-11-13-18(14-12-16)15(2)9-10-17-7-5-4-6-8-17/h4-8,11-14H,2-3,9-10H2,1H3. The summed E-state index contributed by atoms with van der Waals surface area (Å²) in [4.78, 5) is 0. The molecule has 0 aromatic heterocycles. The minimum Gasteiger partial charge on any atom is -0.0952 e. The summed E-state index contributed by atoms with van der Waals surface area (Å²) >= 11 is 0. The second-order valence-electron chi connectivity index (χ2n) is 4.64. The number of hydrogen-bond donors (Lipinski definition) is 0. The van der Waals surface area contributed by atoms with Gasteiger partial charge in [-0.25, -0.2) is 0 Å². The van der Waals surface area contributed by atoms with Gasteiger partial charge >= 0.3 is 0 Å². The molecule has 18 heavy (non-hydrogen) atoms. The van der Waals surface area contributed by atoms with Crippen molar-refractivity contribution in [3.63, 3.8) is 0 Å². The van der Waals surface area contributed by atoms with E-state index in [1.165, 1.54) is 22.3 Å². The van der Waals surface area contributed by atoms with Crippen LogP contribution in [0.3, 0.4) is 0 Å². The molecule has 0 heterocycles. The van der Waals surface area contributed by atoms with Gasteiger partial charge in [0.25, 0.3) is 0 Å². The average Bonchev–Trinajstić information content (AvgIpc) is 2.46. The quantitative estimate of drug-likeness (QED) is 0.693. The van der Waals surface area contributed by atoms with Gasteiger partial charge in [0, 0.05) is 0 Å². The second kappa shape index (κ2) is 6.20. The first-order valence-electron chi connectivity index (χ1n) is 6.60. The van der Waals surface area contributed by atoms with Gasteiger partial charge in [0.2, 0.25) is 0 Å². The molecule has 0 atom stereocenters. The summed E-state index contributed by atoms with van der Waals surface area (Å²) in [6, 6.07) is 19.4. The lowest BCUT2D eigenvalue weighted by Crippen LogP contribution is -1.89. The van der Waals surface area contributed by atoms with E-state index in [-0.39, 0.29) is 0 Å². The lowest BCUT2D eigenvalue weighted by atomic mass is 9.98. The molecule has 0 aliphatic carbocycles. The highest BCUT2D eigenvalue weighted by Gasteiger charge is 2.00. The van der Waals surface area contributed by atoms with Gasteiger partial charge in [0.05, 0.1) is 0 Å². The molecule has 0 bridgehead atoms. The van der Waals surface area contributed by atoms with E-state index in [4.69, 9.17) is 0 Å². The lowest BCUT2D eigenvalue weighted by Gasteiger charge is -2.07. The van der Waals surface area contributed by atoms with Gasteiger partial charge in [-0.1, -0.05) is 68.1 Å². The molecular formula is C18H20. The molecule has 0 radical (unpaired) electrons. The summed E-state index contributed by atoms with van der Waals surface area (Å²) in [6.45, 7) is 6.38. The fourth-order valence-electron chi connectivity index (χ4n) is 2.06. The zero-order chi connectivity index (χ0) is 12.8. The number of aryl methyl sites for hydroxylation is 2. The summed E-state index contributed by atoms with van der Waals surface area (Å²) in [7, 11) is 0. The van der Waals surface area contributed by atoms with Crippen LogP contribution in [0, 0.1) is 0 Å². The van der Waals surface area contributed by atoms with Crippen molar-refractivity contribution in [3.05, 3.63) is 77.9 Å². The SMILES string of the molecule is C=C(CCc1ccccc1)c1ccc(CC)cc1. The van der Waals surface area contributed by atoms with Crippen LogP contribution in [0.2, 0.25) is 0 Å². The van der Waals surface area contributed by atoms with Crippen LogP contribution < -0.4 is 0 Å². The van der Waals surface area contributed by atoms with Crippen molar-refractivity contribution < 1.29 is 0 Å². The third kappa shape index (κ3) is 3.33. The van der Waals surface area contributed by atoms with Crippen molar-refractivity contribution in [1.29, 1.82) is 0 Å². The molecule has 0 N–H and O–H groups in total. The van der Waals surface area contributed by atoms with Crippen LogP contribution in [0.5, 0.6) is 0 Å². The van der Waals surface area contributed by atoms with Crippen molar-refractivity contribution in [2.45, 2.75) is 26.2 Å². The molecule has 0 saturated carbocycles. The third-order valence-electron chi connectivity index (χ3n) is 3.33. The van der Waals surface area contributed by atoms with Crippen LogP contribution in [0.15, 0.2) is 61.2 Å². The first-order chi connectivity index (χ1) is 8.79. The van der Waals surface area contributed by atoms with Crippen molar-refractivity contribution in [3.8, 4) is 0 Å². The molecule has 0 aliphatic rings. The van der Waals surface area contributed by atoms with Crippen LogP contribution in [0.1, 0.15) is 30.0 Å². The first-order valence-corrected chi connectivity index (χ1v) is 6.60. The number of rotatable bonds is 5. The van der Waals surface area contributed by atoms with Crippen molar-refractivity contribution in [1.82, 2.24) is 0 Å². The topological polar surface area (TPSA) is 0 Å². The molecule has 0 fully saturated rings. The summed E-state index contributed by atoms with van der Waals surface area (Å²) in [5, 5.41) is 0. The van der Waals surface area contributed by atoms with E-state index in [9.17, 15) is 0 Å². The van der Waals surface area contributed by atoms with Crippen molar-refractivity contribution >= 4 is 5.57 Å². The first kappa shape index (κ1) is 12.6. The maximum Gasteiger partial charge on any atom is -0.0230 e. The molecule has 0 heteroatoms. The van der Waals surface area contributed by atoms with E-state index >= 15 is 0 Å². The van der Waals surface area contributed by atoms with E-state index < -0.39 is 0 Å². The molecule has 0 saturated heterocycles. The molecule has 2 rings (SSSR count). The number of hydrogen-bond acceptors (Lipinski definition) is 0. The Hall–Kier alpha value is -1.82. The van der Waals surface area contributed by atoms with Gasteiger partial charge in [-0.2, -0.15) is 0 Å². The van der Waals surface area contributed by atoms with Crippen LogP contribution in [0.25, 0.3) is 5.57 Å². The minimum atomic E-state index is 1.02. The normalized spacial score (nSPS) is 10.3. The van der Waals surface area contributed by atoms with E-state index in [2.05, 4.69) is 68.1 Å². The third-order valence-corrected chi connectivity index (χ3v) is 3.33. The van der Waals surface area contributed by atoms with Gasteiger partial charge < -0.3 is 0 Å². The zero-order valence-corrected chi connectivity index (χ0v) is 11.0. The van der Waals surface area contributed by atoms with Crippen LogP contribution >= 0.6 is 0 Å². The lowest BCUT2D eigenvalue weighted by molar-refractivity contribution is 1.02. The number of benzene rings is 2. The molecule has 2 aromatic carbocycles. The Labute approximate surface area is 110 Å². The highest BCUT2D eigenvalue weighted by molar-refractivity contribution is 5.63. The Balaban J connectivity index is 1.95. The predicted octanol–water partition coefficient (Wildman–Crippen LogP) is 4.90. The van der Waals surface area contributed by atoms with Crippen molar-refractivity contribution in [2.75, 3.05) is 0 Å². The largest absolute Gasteiger partial charge is 0.0952 e. The summed E-state index contributed by atoms with van der Waals surface area (Å²) in [5.74, 6) is 0. The molecule has 0 amide bonds. The van der Waals surface area contributed by atoms with Crippen LogP contribution in [0.4, 0.5) is 0 Å². The maximum atomic E-state index is 4.20. The molecule has 92 valence electrons. The fraction of sp³-hybridized carbons (Fsp3) is 0.222. The molecular weight excluding hydrogens is 216 g/mol.